The number of ether oxygens (including phenoxy) is 6. The van der Waals surface area contributed by atoms with E-state index in [0.29, 0.717) is 19.8 Å². The Kier molecular flexibility index (Phi) is 7.65. The van der Waals surface area contributed by atoms with Gasteiger partial charge in [0.15, 0.2) is 12.6 Å². The molecular formula is C28H30O6. The fourth-order valence-corrected chi connectivity index (χ4v) is 4.42. The summed E-state index contributed by atoms with van der Waals surface area (Å²) in [6, 6.07) is 30.0. The highest BCUT2D eigenvalue weighted by Crippen LogP contribution is 2.37. The molecule has 2 fully saturated rings. The Hall–Kier alpha value is -2.58. The molecule has 0 N–H and O–H groups in total. The second-order valence-corrected chi connectivity index (χ2v) is 8.48. The van der Waals surface area contributed by atoms with Crippen LogP contribution < -0.4 is 0 Å². The molecule has 3 aromatic carbocycles. The summed E-state index contributed by atoms with van der Waals surface area (Å²) in [5.41, 5.74) is 3.10. The van der Waals surface area contributed by atoms with Gasteiger partial charge in [-0.05, 0) is 11.1 Å². The van der Waals surface area contributed by atoms with Gasteiger partial charge < -0.3 is 28.4 Å². The summed E-state index contributed by atoms with van der Waals surface area (Å²) < 4.78 is 37.2. The minimum atomic E-state index is -0.605. The molecule has 2 saturated heterocycles. The number of hydrogen-bond donors (Lipinski definition) is 0. The first-order chi connectivity index (χ1) is 16.8. The Bertz CT molecular complexity index is 993. The van der Waals surface area contributed by atoms with Gasteiger partial charge in [0, 0.05) is 12.7 Å². The van der Waals surface area contributed by atoms with Crippen LogP contribution in [0.3, 0.4) is 0 Å². The molecule has 6 nitrogen and oxygen atoms in total. The first kappa shape index (κ1) is 23.2. The van der Waals surface area contributed by atoms with Gasteiger partial charge in [0.2, 0.25) is 0 Å². The quantitative estimate of drug-likeness (QED) is 0.486. The molecular weight excluding hydrogens is 432 g/mol. The lowest BCUT2D eigenvalue weighted by atomic mass is 9.97. The summed E-state index contributed by atoms with van der Waals surface area (Å²) in [5.74, 6) is 0. The summed E-state index contributed by atoms with van der Waals surface area (Å²) in [7, 11) is 1.62. The predicted molar refractivity (Wildman–Crippen MR) is 126 cm³/mol. The van der Waals surface area contributed by atoms with Crippen LogP contribution in [0.2, 0.25) is 0 Å². The molecule has 2 aliphatic rings. The summed E-state index contributed by atoms with van der Waals surface area (Å²) in [6.07, 6.45) is -2.71. The molecule has 0 saturated carbocycles. The van der Waals surface area contributed by atoms with Crippen molar-refractivity contribution in [3.05, 3.63) is 108 Å². The molecule has 0 bridgehead atoms. The lowest BCUT2D eigenvalue weighted by molar-refractivity contribution is -0.369. The number of fused-ring (bicyclic) bond motifs is 1. The molecule has 5 rings (SSSR count). The van der Waals surface area contributed by atoms with E-state index >= 15 is 0 Å². The van der Waals surface area contributed by atoms with E-state index < -0.39 is 24.8 Å². The first-order valence-electron chi connectivity index (χ1n) is 11.6. The average Bonchev–Trinajstić information content (AvgIpc) is 2.91. The average molecular weight is 463 g/mol. The van der Waals surface area contributed by atoms with Gasteiger partial charge in [-0.25, -0.2) is 0 Å². The van der Waals surface area contributed by atoms with Gasteiger partial charge in [0.1, 0.15) is 24.4 Å². The van der Waals surface area contributed by atoms with Crippen molar-refractivity contribution in [3.63, 3.8) is 0 Å². The van der Waals surface area contributed by atoms with Crippen molar-refractivity contribution < 1.29 is 28.4 Å². The molecule has 2 aliphatic heterocycles. The third-order valence-electron chi connectivity index (χ3n) is 6.16. The summed E-state index contributed by atoms with van der Waals surface area (Å²) in [5, 5.41) is 0. The second-order valence-electron chi connectivity index (χ2n) is 8.48. The van der Waals surface area contributed by atoms with Crippen molar-refractivity contribution in [2.45, 2.75) is 50.2 Å². The van der Waals surface area contributed by atoms with E-state index in [2.05, 4.69) is 0 Å². The number of benzene rings is 3. The van der Waals surface area contributed by atoms with Crippen molar-refractivity contribution in [1.82, 2.24) is 0 Å². The van der Waals surface area contributed by atoms with Gasteiger partial charge in [-0.2, -0.15) is 0 Å². The van der Waals surface area contributed by atoms with Gasteiger partial charge in [-0.1, -0.05) is 91.0 Å². The van der Waals surface area contributed by atoms with E-state index in [4.69, 9.17) is 28.4 Å². The molecule has 178 valence electrons. The van der Waals surface area contributed by atoms with Crippen LogP contribution in [0.5, 0.6) is 0 Å². The zero-order valence-corrected chi connectivity index (χ0v) is 19.2. The first-order valence-corrected chi connectivity index (χ1v) is 11.6. The predicted octanol–water partition coefficient (Wildman–Crippen LogP) is 4.64. The third kappa shape index (κ3) is 5.39. The fourth-order valence-electron chi connectivity index (χ4n) is 4.42. The molecule has 6 heteroatoms. The Morgan fingerprint density at radius 1 is 0.706 bits per heavy atom. The Morgan fingerprint density at radius 2 is 1.26 bits per heavy atom. The van der Waals surface area contributed by atoms with Gasteiger partial charge in [0.05, 0.1) is 19.8 Å². The molecule has 2 heterocycles. The lowest BCUT2D eigenvalue weighted by Gasteiger charge is -2.48. The van der Waals surface area contributed by atoms with E-state index in [1.807, 2.05) is 91.0 Å². The van der Waals surface area contributed by atoms with Crippen LogP contribution in [0.15, 0.2) is 91.0 Å². The van der Waals surface area contributed by atoms with E-state index in [9.17, 15) is 0 Å². The molecule has 0 spiro atoms. The summed E-state index contributed by atoms with van der Waals surface area (Å²) >= 11 is 0. The smallest absolute Gasteiger partial charge is 0.186 e. The molecule has 34 heavy (non-hydrogen) atoms. The van der Waals surface area contributed by atoms with Crippen molar-refractivity contribution >= 4 is 0 Å². The van der Waals surface area contributed by atoms with Crippen LogP contribution in [-0.2, 0) is 41.6 Å². The number of rotatable bonds is 8. The van der Waals surface area contributed by atoms with Crippen LogP contribution in [0.1, 0.15) is 23.0 Å². The van der Waals surface area contributed by atoms with E-state index in [-0.39, 0.29) is 12.2 Å². The van der Waals surface area contributed by atoms with Gasteiger partial charge in [-0.3, -0.25) is 0 Å². The maximum Gasteiger partial charge on any atom is 0.186 e. The topological polar surface area (TPSA) is 55.4 Å². The van der Waals surface area contributed by atoms with Crippen LogP contribution in [0.4, 0.5) is 0 Å². The molecule has 0 aromatic heterocycles. The monoisotopic (exact) mass is 462 g/mol. The zero-order valence-electron chi connectivity index (χ0n) is 19.2. The maximum absolute atomic E-state index is 6.49. The highest BCUT2D eigenvalue weighted by Gasteiger charge is 2.51. The molecule has 4 unspecified atom stereocenters. The molecule has 0 amide bonds. The van der Waals surface area contributed by atoms with Crippen LogP contribution in [0.25, 0.3) is 0 Å². The molecule has 0 radical (unpaired) electrons. The van der Waals surface area contributed by atoms with Gasteiger partial charge >= 0.3 is 0 Å². The normalized spacial score (nSPS) is 28.9. The Morgan fingerprint density at radius 3 is 1.85 bits per heavy atom. The van der Waals surface area contributed by atoms with Crippen molar-refractivity contribution in [1.29, 1.82) is 0 Å². The standard InChI is InChI=1S/C28H30O6/c1-29-28-26(31-18-21-13-7-3-8-14-21)25(30-17-20-11-5-2-6-12-20)24-23(33-28)19-32-27(34-24)22-15-9-4-10-16-22/h2-16,23-28H,17-19H2,1H3/t23?,24-,25?,26?,27?,28-/m1/s1. The summed E-state index contributed by atoms with van der Waals surface area (Å²) in [4.78, 5) is 0. The third-order valence-corrected chi connectivity index (χ3v) is 6.16. The second kappa shape index (κ2) is 11.2. The van der Waals surface area contributed by atoms with Gasteiger partial charge in [0.25, 0.3) is 0 Å². The van der Waals surface area contributed by atoms with Crippen LogP contribution >= 0.6 is 0 Å². The molecule has 3 aromatic rings. The Labute approximate surface area is 200 Å². The van der Waals surface area contributed by atoms with Gasteiger partial charge in [-0.15, -0.1) is 0 Å². The summed E-state index contributed by atoms with van der Waals surface area (Å²) in [6.45, 7) is 1.22. The highest BCUT2D eigenvalue weighted by molar-refractivity contribution is 5.17. The largest absolute Gasteiger partial charge is 0.368 e. The van der Waals surface area contributed by atoms with E-state index in [0.717, 1.165) is 16.7 Å². The van der Waals surface area contributed by atoms with Crippen LogP contribution in [-0.4, -0.2) is 44.4 Å². The minimum absolute atomic E-state index is 0.331. The van der Waals surface area contributed by atoms with Crippen molar-refractivity contribution in [3.8, 4) is 0 Å². The lowest BCUT2D eigenvalue weighted by Crippen LogP contribution is -2.63. The molecule has 6 atom stereocenters. The minimum Gasteiger partial charge on any atom is -0.368 e. The highest BCUT2D eigenvalue weighted by atomic mass is 16.8. The van der Waals surface area contributed by atoms with Crippen LogP contribution in [0, 0.1) is 0 Å². The molecule has 0 aliphatic carbocycles. The van der Waals surface area contributed by atoms with Crippen molar-refractivity contribution in [2.24, 2.45) is 0 Å². The van der Waals surface area contributed by atoms with E-state index in [1.165, 1.54) is 0 Å². The van der Waals surface area contributed by atoms with Crippen molar-refractivity contribution in [2.75, 3.05) is 13.7 Å². The SMILES string of the molecule is CO[C@@H]1OC2COC(c3ccccc3)O[C@H]2C(OCc2ccccc2)C1OCc1ccccc1. The maximum atomic E-state index is 6.49. The Balaban J connectivity index is 1.39. The number of methoxy groups -OCH3 is 1. The fraction of sp³-hybridized carbons (Fsp3) is 0.357. The van der Waals surface area contributed by atoms with E-state index in [1.54, 1.807) is 7.11 Å². The zero-order chi connectivity index (χ0) is 23.2. The number of hydrogen-bond acceptors (Lipinski definition) is 6.